The second-order valence-electron chi connectivity index (χ2n) is 3.70. The van der Waals surface area contributed by atoms with Gasteiger partial charge in [0.05, 0.1) is 5.69 Å². The van der Waals surface area contributed by atoms with E-state index in [9.17, 15) is 4.79 Å². The molecule has 0 unspecified atom stereocenters. The molecule has 2 heterocycles. The first-order valence-corrected chi connectivity index (χ1v) is 5.85. The number of carbonyl (C=O) groups is 1. The van der Waals surface area contributed by atoms with E-state index in [4.69, 9.17) is 5.73 Å². The molecule has 2 N–H and O–H groups in total. The summed E-state index contributed by atoms with van der Waals surface area (Å²) in [5.74, 6) is 0.0369. The van der Waals surface area contributed by atoms with Crippen LogP contribution >= 0.6 is 23.9 Å². The molecule has 0 saturated carbocycles. The molecule has 90 valence electrons. The minimum absolute atomic E-state index is 0. The highest BCUT2D eigenvalue weighted by molar-refractivity contribution is 7.08. The maximum atomic E-state index is 12.0. The van der Waals surface area contributed by atoms with Gasteiger partial charge in [0.25, 0.3) is 5.91 Å². The van der Waals surface area contributed by atoms with Gasteiger partial charge in [0, 0.05) is 19.1 Å². The van der Waals surface area contributed by atoms with Crippen molar-refractivity contribution in [2.75, 3.05) is 13.1 Å². The molecule has 5 nitrogen and oxygen atoms in total. The highest BCUT2D eigenvalue weighted by Gasteiger charge is 2.27. The summed E-state index contributed by atoms with van der Waals surface area (Å²) in [5, 5.41) is 3.94. The average molecular weight is 263 g/mol. The fourth-order valence-electron chi connectivity index (χ4n) is 1.72. The third-order valence-corrected chi connectivity index (χ3v) is 3.35. The molecular weight excluding hydrogens is 248 g/mol. The van der Waals surface area contributed by atoms with Crippen LogP contribution < -0.4 is 5.73 Å². The molecular formula is C9H15ClN4OS. The van der Waals surface area contributed by atoms with E-state index in [1.165, 1.54) is 11.5 Å². The highest BCUT2D eigenvalue weighted by atomic mass is 35.5. The van der Waals surface area contributed by atoms with Crippen LogP contribution in [0.3, 0.4) is 0 Å². The van der Waals surface area contributed by atoms with Crippen LogP contribution in [0.4, 0.5) is 0 Å². The van der Waals surface area contributed by atoms with Gasteiger partial charge < -0.3 is 10.6 Å². The Balaban J connectivity index is 0.00000128. The zero-order valence-corrected chi connectivity index (χ0v) is 10.7. The first kappa shape index (κ1) is 13.3. The van der Waals surface area contributed by atoms with Crippen molar-refractivity contribution in [3.63, 3.8) is 0 Å². The number of carbonyl (C=O) groups excluding carboxylic acids is 1. The van der Waals surface area contributed by atoms with Crippen LogP contribution in [-0.4, -0.2) is 39.5 Å². The molecule has 16 heavy (non-hydrogen) atoms. The van der Waals surface area contributed by atoms with Crippen LogP contribution in [0.25, 0.3) is 0 Å². The first-order valence-electron chi connectivity index (χ1n) is 5.08. The molecule has 1 aromatic rings. The lowest BCUT2D eigenvalue weighted by molar-refractivity contribution is 0.0794. The number of likely N-dealkylation sites (tertiary alicyclic amines) is 1. The van der Waals surface area contributed by atoms with Crippen molar-refractivity contribution in [1.82, 2.24) is 14.5 Å². The van der Waals surface area contributed by atoms with Crippen molar-refractivity contribution >= 4 is 29.8 Å². The van der Waals surface area contributed by atoms with Crippen molar-refractivity contribution in [2.24, 2.45) is 5.73 Å². The Bertz CT molecular complexity index is 370. The molecule has 2 rings (SSSR count). The van der Waals surface area contributed by atoms with Crippen LogP contribution in [0.2, 0.25) is 0 Å². The van der Waals surface area contributed by atoms with E-state index in [1.54, 1.807) is 4.90 Å². The number of halogens is 1. The SMILES string of the molecule is CCc1nnsc1C(=O)N1CC[C@H](N)C1.Cl. The summed E-state index contributed by atoms with van der Waals surface area (Å²) in [6.07, 6.45) is 1.64. The van der Waals surface area contributed by atoms with Crippen LogP contribution in [0.1, 0.15) is 28.7 Å². The minimum Gasteiger partial charge on any atom is -0.336 e. The Kier molecular flexibility index (Phi) is 4.64. The van der Waals surface area contributed by atoms with Crippen molar-refractivity contribution in [1.29, 1.82) is 0 Å². The first-order chi connectivity index (χ1) is 7.22. The molecule has 0 bridgehead atoms. The van der Waals surface area contributed by atoms with Gasteiger partial charge in [-0.1, -0.05) is 11.4 Å². The second-order valence-corrected chi connectivity index (χ2v) is 4.46. The quantitative estimate of drug-likeness (QED) is 0.852. The zero-order valence-electron chi connectivity index (χ0n) is 9.05. The number of nitrogens with two attached hydrogens (primary N) is 1. The van der Waals surface area contributed by atoms with Gasteiger partial charge in [-0.05, 0) is 24.4 Å². The van der Waals surface area contributed by atoms with Crippen LogP contribution in [-0.2, 0) is 6.42 Å². The Morgan fingerprint density at radius 1 is 1.69 bits per heavy atom. The maximum absolute atomic E-state index is 12.0. The van der Waals surface area contributed by atoms with Crippen molar-refractivity contribution < 1.29 is 4.79 Å². The summed E-state index contributed by atoms with van der Waals surface area (Å²) in [6, 6.07) is 0.125. The molecule has 1 fully saturated rings. The Hall–Kier alpha value is -0.720. The van der Waals surface area contributed by atoms with E-state index in [0.29, 0.717) is 11.4 Å². The van der Waals surface area contributed by atoms with E-state index in [0.717, 1.165) is 25.1 Å². The zero-order chi connectivity index (χ0) is 10.8. The second kappa shape index (κ2) is 5.56. The molecule has 0 radical (unpaired) electrons. The summed E-state index contributed by atoms with van der Waals surface area (Å²) >= 11 is 1.18. The number of aryl methyl sites for hydroxylation is 1. The summed E-state index contributed by atoms with van der Waals surface area (Å²) in [5.41, 5.74) is 6.56. The van der Waals surface area contributed by atoms with E-state index in [1.807, 2.05) is 6.92 Å². The van der Waals surface area contributed by atoms with Gasteiger partial charge in [0.2, 0.25) is 0 Å². The largest absolute Gasteiger partial charge is 0.336 e. The van der Waals surface area contributed by atoms with Gasteiger partial charge in [0.1, 0.15) is 4.88 Å². The molecule has 1 atom stereocenters. The third-order valence-electron chi connectivity index (χ3n) is 2.60. The van der Waals surface area contributed by atoms with Gasteiger partial charge in [0.15, 0.2) is 0 Å². The topological polar surface area (TPSA) is 72.1 Å². The Morgan fingerprint density at radius 2 is 2.44 bits per heavy atom. The predicted molar refractivity (Wildman–Crippen MR) is 65.0 cm³/mol. The van der Waals surface area contributed by atoms with Gasteiger partial charge >= 0.3 is 0 Å². The smallest absolute Gasteiger partial charge is 0.267 e. The molecule has 1 aromatic heterocycles. The molecule has 7 heteroatoms. The Morgan fingerprint density at radius 3 is 3.00 bits per heavy atom. The van der Waals surface area contributed by atoms with E-state index in [-0.39, 0.29) is 24.4 Å². The number of rotatable bonds is 2. The van der Waals surface area contributed by atoms with Crippen LogP contribution in [0, 0.1) is 0 Å². The molecule has 0 spiro atoms. The van der Waals surface area contributed by atoms with Gasteiger partial charge in [-0.15, -0.1) is 17.5 Å². The fraction of sp³-hybridized carbons (Fsp3) is 0.667. The van der Waals surface area contributed by atoms with Gasteiger partial charge in [-0.3, -0.25) is 4.79 Å². The fourth-order valence-corrected chi connectivity index (χ4v) is 2.44. The van der Waals surface area contributed by atoms with E-state index in [2.05, 4.69) is 9.59 Å². The molecule has 0 aromatic carbocycles. The summed E-state index contributed by atoms with van der Waals surface area (Å²) in [4.78, 5) is 14.5. The summed E-state index contributed by atoms with van der Waals surface area (Å²) < 4.78 is 3.82. The lowest BCUT2D eigenvalue weighted by Crippen LogP contribution is -2.31. The van der Waals surface area contributed by atoms with Crippen LogP contribution in [0.5, 0.6) is 0 Å². The van der Waals surface area contributed by atoms with Gasteiger partial charge in [-0.2, -0.15) is 0 Å². The maximum Gasteiger partial charge on any atom is 0.267 e. The number of amides is 1. The van der Waals surface area contributed by atoms with Gasteiger partial charge in [-0.25, -0.2) is 0 Å². The third kappa shape index (κ3) is 2.50. The lowest BCUT2D eigenvalue weighted by atomic mass is 10.3. The average Bonchev–Trinajstić information content (AvgIpc) is 2.84. The molecule has 1 saturated heterocycles. The molecule has 1 aliphatic heterocycles. The van der Waals surface area contributed by atoms with E-state index >= 15 is 0 Å². The molecule has 1 aliphatic rings. The minimum atomic E-state index is 0. The molecule has 0 aliphatic carbocycles. The standard InChI is InChI=1S/C9H14N4OS.ClH/c1-2-7-8(15-12-11-7)9(14)13-4-3-6(10)5-13;/h6H,2-5,10H2,1H3;1H/t6-;/m0./s1. The Labute approximate surface area is 105 Å². The highest BCUT2D eigenvalue weighted by Crippen LogP contribution is 2.17. The van der Waals surface area contributed by atoms with Crippen molar-refractivity contribution in [2.45, 2.75) is 25.8 Å². The summed E-state index contributed by atoms with van der Waals surface area (Å²) in [6.45, 7) is 3.38. The monoisotopic (exact) mass is 262 g/mol. The van der Waals surface area contributed by atoms with E-state index < -0.39 is 0 Å². The number of hydrogen-bond donors (Lipinski definition) is 1. The summed E-state index contributed by atoms with van der Waals surface area (Å²) in [7, 11) is 0. The number of nitrogens with zero attached hydrogens (tertiary/aromatic N) is 3. The normalized spacial score (nSPS) is 19.6. The molecule has 1 amide bonds. The van der Waals surface area contributed by atoms with Crippen molar-refractivity contribution in [3.8, 4) is 0 Å². The number of hydrogen-bond acceptors (Lipinski definition) is 5. The van der Waals surface area contributed by atoms with Crippen molar-refractivity contribution in [3.05, 3.63) is 10.6 Å². The number of aromatic nitrogens is 2. The van der Waals surface area contributed by atoms with Crippen LogP contribution in [0.15, 0.2) is 0 Å². The lowest BCUT2D eigenvalue weighted by Gasteiger charge is -2.14. The predicted octanol–water partition coefficient (Wildman–Crippen LogP) is 0.696.